The van der Waals surface area contributed by atoms with Crippen LogP contribution in [0.2, 0.25) is 0 Å². The number of nitrogens with zero attached hydrogens (tertiary/aromatic N) is 4. The largest absolute Gasteiger partial charge is 0.439 e. The van der Waals surface area contributed by atoms with Crippen molar-refractivity contribution in [2.24, 2.45) is 0 Å². The number of benzene rings is 1. The van der Waals surface area contributed by atoms with Crippen molar-refractivity contribution in [3.63, 3.8) is 0 Å². The minimum Gasteiger partial charge on any atom is -0.439 e. The molecule has 0 aliphatic carbocycles. The molecular formula is C25H30N6O2. The van der Waals surface area contributed by atoms with Gasteiger partial charge in [0.05, 0.1) is 5.52 Å². The Morgan fingerprint density at radius 3 is 2.70 bits per heavy atom. The number of hydrazine groups is 1. The monoisotopic (exact) mass is 446 g/mol. The lowest BCUT2D eigenvalue weighted by Gasteiger charge is -2.34. The summed E-state index contributed by atoms with van der Waals surface area (Å²) in [7, 11) is 0. The molecule has 172 valence electrons. The number of aromatic nitrogens is 2. The van der Waals surface area contributed by atoms with Gasteiger partial charge in [0.25, 0.3) is 0 Å². The summed E-state index contributed by atoms with van der Waals surface area (Å²) in [6.07, 6.45) is 5.43. The molecule has 4 heterocycles. The first-order valence-corrected chi connectivity index (χ1v) is 11.7. The summed E-state index contributed by atoms with van der Waals surface area (Å²) in [6.45, 7) is 7.13. The van der Waals surface area contributed by atoms with E-state index >= 15 is 0 Å². The number of carbonyl (C=O) groups excluding carboxylic acids is 1. The first-order valence-electron chi connectivity index (χ1n) is 11.7. The normalized spacial score (nSPS) is 19.2. The van der Waals surface area contributed by atoms with Crippen LogP contribution in [-0.2, 0) is 11.3 Å². The van der Waals surface area contributed by atoms with Gasteiger partial charge in [0, 0.05) is 81.6 Å². The molecule has 8 heteroatoms. The minimum atomic E-state index is 0.245. The molecule has 2 aliphatic heterocycles. The first-order chi connectivity index (χ1) is 16.2. The number of fused-ring (bicyclic) bond motifs is 1. The minimum absolute atomic E-state index is 0.245. The van der Waals surface area contributed by atoms with Gasteiger partial charge in [-0.25, -0.2) is 4.98 Å². The molecule has 2 saturated heterocycles. The maximum Gasteiger partial charge on any atom is 0.222 e. The molecular weight excluding hydrogens is 416 g/mol. The van der Waals surface area contributed by atoms with Gasteiger partial charge in [-0.3, -0.25) is 25.5 Å². The summed E-state index contributed by atoms with van der Waals surface area (Å²) in [5.74, 6) is 1.54. The maximum absolute atomic E-state index is 11.9. The molecule has 5 rings (SSSR count). The molecule has 1 amide bonds. The number of pyridine rings is 2. The molecule has 33 heavy (non-hydrogen) atoms. The van der Waals surface area contributed by atoms with Crippen LogP contribution in [0.3, 0.4) is 0 Å². The first kappa shape index (κ1) is 21.8. The molecule has 2 N–H and O–H groups in total. The Labute approximate surface area is 193 Å². The third-order valence-electron chi connectivity index (χ3n) is 6.36. The Bertz CT molecular complexity index is 1110. The lowest BCUT2D eigenvalue weighted by atomic mass is 10.1. The zero-order valence-electron chi connectivity index (χ0n) is 19.0. The SMILES string of the molecule is CCC(=O)N1CCN(Cc2cnc3cc(Oc4ccc(C5CCNN5)cn4)ccc3c2)CC1. The maximum atomic E-state index is 11.9. The third-order valence-corrected chi connectivity index (χ3v) is 6.36. The van der Waals surface area contributed by atoms with E-state index in [4.69, 9.17) is 4.74 Å². The predicted molar refractivity (Wildman–Crippen MR) is 127 cm³/mol. The number of ether oxygens (including phenoxy) is 1. The second-order valence-electron chi connectivity index (χ2n) is 8.65. The average Bonchev–Trinajstić information content (AvgIpc) is 3.40. The fourth-order valence-electron chi connectivity index (χ4n) is 4.45. The number of piperazine rings is 1. The van der Waals surface area contributed by atoms with Gasteiger partial charge in [0.15, 0.2) is 0 Å². The van der Waals surface area contributed by atoms with Crippen LogP contribution < -0.4 is 15.6 Å². The van der Waals surface area contributed by atoms with Crippen molar-refractivity contribution >= 4 is 16.8 Å². The van der Waals surface area contributed by atoms with E-state index in [-0.39, 0.29) is 5.91 Å². The van der Waals surface area contributed by atoms with Crippen molar-refractivity contribution in [1.82, 2.24) is 30.6 Å². The fourth-order valence-corrected chi connectivity index (χ4v) is 4.45. The van der Waals surface area contributed by atoms with Crippen LogP contribution in [0.15, 0.2) is 48.8 Å². The van der Waals surface area contributed by atoms with Gasteiger partial charge in [-0.15, -0.1) is 0 Å². The zero-order valence-corrected chi connectivity index (χ0v) is 19.0. The molecule has 0 bridgehead atoms. The molecule has 0 saturated carbocycles. The Balaban J connectivity index is 1.21. The van der Waals surface area contributed by atoms with E-state index in [0.29, 0.717) is 18.3 Å². The summed E-state index contributed by atoms with van der Waals surface area (Å²) in [6, 6.07) is 12.4. The third kappa shape index (κ3) is 5.13. The number of hydrogen-bond donors (Lipinski definition) is 2. The highest BCUT2D eigenvalue weighted by Gasteiger charge is 2.20. The summed E-state index contributed by atoms with van der Waals surface area (Å²) in [4.78, 5) is 25.3. The van der Waals surface area contributed by atoms with E-state index in [2.05, 4.69) is 37.9 Å². The second-order valence-corrected chi connectivity index (χ2v) is 8.65. The number of hydrogen-bond acceptors (Lipinski definition) is 7. The lowest BCUT2D eigenvalue weighted by Crippen LogP contribution is -2.48. The molecule has 2 fully saturated rings. The van der Waals surface area contributed by atoms with Crippen molar-refractivity contribution in [3.8, 4) is 11.6 Å². The number of carbonyl (C=O) groups is 1. The van der Waals surface area contributed by atoms with E-state index in [1.54, 1.807) is 0 Å². The van der Waals surface area contributed by atoms with Crippen LogP contribution in [0, 0.1) is 0 Å². The molecule has 1 aromatic carbocycles. The highest BCUT2D eigenvalue weighted by atomic mass is 16.5. The van der Waals surface area contributed by atoms with Crippen LogP contribution in [0.5, 0.6) is 11.6 Å². The van der Waals surface area contributed by atoms with Crippen molar-refractivity contribution in [1.29, 1.82) is 0 Å². The van der Waals surface area contributed by atoms with Gasteiger partial charge in [0.2, 0.25) is 11.8 Å². The Kier molecular flexibility index (Phi) is 6.48. The molecule has 0 spiro atoms. The van der Waals surface area contributed by atoms with Crippen LogP contribution in [0.1, 0.15) is 36.9 Å². The summed E-state index contributed by atoms with van der Waals surface area (Å²) >= 11 is 0. The Morgan fingerprint density at radius 2 is 1.97 bits per heavy atom. The predicted octanol–water partition coefficient (Wildman–Crippen LogP) is 3.02. The zero-order chi connectivity index (χ0) is 22.6. The standard InChI is InChI=1S/C25H30N6O2/c1-2-25(32)31-11-9-30(10-12-31)17-18-13-19-3-5-21(14-23(19)26-15-18)33-24-6-4-20(16-27-24)22-7-8-28-29-22/h3-6,13-16,22,28-29H,2,7-12,17H2,1H3. The summed E-state index contributed by atoms with van der Waals surface area (Å²) < 4.78 is 5.97. The average molecular weight is 447 g/mol. The van der Waals surface area contributed by atoms with Gasteiger partial charge in [-0.2, -0.15) is 0 Å². The summed E-state index contributed by atoms with van der Waals surface area (Å²) in [5.41, 5.74) is 9.61. The molecule has 8 nitrogen and oxygen atoms in total. The summed E-state index contributed by atoms with van der Waals surface area (Å²) in [5, 5.41) is 1.09. The van der Waals surface area contributed by atoms with Gasteiger partial charge in [0.1, 0.15) is 5.75 Å². The van der Waals surface area contributed by atoms with Crippen molar-refractivity contribution in [2.45, 2.75) is 32.4 Å². The van der Waals surface area contributed by atoms with Crippen molar-refractivity contribution in [3.05, 3.63) is 59.9 Å². The quantitative estimate of drug-likeness (QED) is 0.602. The topological polar surface area (TPSA) is 82.6 Å². The van der Waals surface area contributed by atoms with Gasteiger partial charge in [-0.1, -0.05) is 13.0 Å². The molecule has 1 atom stereocenters. The fraction of sp³-hybridized carbons (Fsp3) is 0.400. The highest BCUT2D eigenvalue weighted by Crippen LogP contribution is 2.26. The lowest BCUT2D eigenvalue weighted by molar-refractivity contribution is -0.132. The van der Waals surface area contributed by atoms with E-state index in [1.165, 1.54) is 5.56 Å². The van der Waals surface area contributed by atoms with Gasteiger partial charge in [-0.05, 0) is 35.7 Å². The van der Waals surface area contributed by atoms with E-state index in [0.717, 1.165) is 67.9 Å². The van der Waals surface area contributed by atoms with Crippen LogP contribution >= 0.6 is 0 Å². The van der Waals surface area contributed by atoms with E-state index in [1.807, 2.05) is 48.5 Å². The smallest absolute Gasteiger partial charge is 0.222 e. The van der Waals surface area contributed by atoms with Crippen LogP contribution in [0.4, 0.5) is 0 Å². The van der Waals surface area contributed by atoms with Gasteiger partial charge < -0.3 is 9.64 Å². The van der Waals surface area contributed by atoms with E-state index < -0.39 is 0 Å². The highest BCUT2D eigenvalue weighted by molar-refractivity contribution is 5.80. The molecule has 2 aliphatic rings. The molecule has 3 aromatic rings. The van der Waals surface area contributed by atoms with Crippen LogP contribution in [-0.4, -0.2) is 58.4 Å². The van der Waals surface area contributed by atoms with Crippen LogP contribution in [0.25, 0.3) is 10.9 Å². The second kappa shape index (κ2) is 9.82. The van der Waals surface area contributed by atoms with E-state index in [9.17, 15) is 4.79 Å². The Morgan fingerprint density at radius 1 is 1.09 bits per heavy atom. The number of rotatable bonds is 6. The Hall–Kier alpha value is -3.07. The number of amides is 1. The van der Waals surface area contributed by atoms with Crippen molar-refractivity contribution in [2.75, 3.05) is 32.7 Å². The van der Waals surface area contributed by atoms with Crippen molar-refractivity contribution < 1.29 is 9.53 Å². The molecule has 2 aromatic heterocycles. The van der Waals surface area contributed by atoms with Gasteiger partial charge >= 0.3 is 0 Å². The number of nitrogens with one attached hydrogen (secondary N) is 2. The molecule has 1 unspecified atom stereocenters. The molecule has 0 radical (unpaired) electrons.